The standard InChI is InChI=1S/C19H28N2O6S/c1-13-10-21(11-14(2)27-13)28(24,25)16-8-6-7-15(9-16)18(23)26-12-17(22)20-19(3,4)5/h6-9,13-14H,10-12H2,1-5H3,(H,20,22)/t13-,14+. The van der Waals surface area contributed by atoms with Gasteiger partial charge in [-0.3, -0.25) is 4.79 Å². The zero-order chi connectivity index (χ0) is 21.1. The van der Waals surface area contributed by atoms with Crippen molar-refractivity contribution >= 4 is 21.9 Å². The molecule has 28 heavy (non-hydrogen) atoms. The van der Waals surface area contributed by atoms with Crippen LogP contribution < -0.4 is 5.32 Å². The van der Waals surface area contributed by atoms with Gasteiger partial charge < -0.3 is 14.8 Å². The maximum Gasteiger partial charge on any atom is 0.338 e. The molecular formula is C19H28N2O6S. The Kier molecular flexibility index (Phi) is 6.84. The number of sulfonamides is 1. The van der Waals surface area contributed by atoms with Crippen molar-refractivity contribution in [3.05, 3.63) is 29.8 Å². The highest BCUT2D eigenvalue weighted by Crippen LogP contribution is 2.22. The Morgan fingerprint density at radius 3 is 2.39 bits per heavy atom. The van der Waals surface area contributed by atoms with Gasteiger partial charge in [-0.05, 0) is 52.8 Å². The number of morpholine rings is 1. The van der Waals surface area contributed by atoms with Gasteiger partial charge in [0.25, 0.3) is 5.91 Å². The van der Waals surface area contributed by atoms with Gasteiger partial charge in [0.2, 0.25) is 10.0 Å². The minimum Gasteiger partial charge on any atom is -0.452 e. The molecule has 1 N–H and O–H groups in total. The molecule has 0 bridgehead atoms. The molecule has 1 aliphatic rings. The van der Waals surface area contributed by atoms with Gasteiger partial charge in [-0.15, -0.1) is 0 Å². The van der Waals surface area contributed by atoms with E-state index in [9.17, 15) is 18.0 Å². The van der Waals surface area contributed by atoms with E-state index in [1.54, 1.807) is 0 Å². The summed E-state index contributed by atoms with van der Waals surface area (Å²) in [5, 5.41) is 2.68. The summed E-state index contributed by atoms with van der Waals surface area (Å²) >= 11 is 0. The van der Waals surface area contributed by atoms with Crippen LogP contribution in [-0.4, -0.2) is 62.0 Å². The van der Waals surface area contributed by atoms with Crippen molar-refractivity contribution in [1.29, 1.82) is 0 Å². The summed E-state index contributed by atoms with van der Waals surface area (Å²) in [7, 11) is -3.77. The molecule has 8 nitrogen and oxygen atoms in total. The second kappa shape index (κ2) is 8.59. The highest BCUT2D eigenvalue weighted by Gasteiger charge is 2.32. The van der Waals surface area contributed by atoms with Gasteiger partial charge in [0.1, 0.15) is 0 Å². The van der Waals surface area contributed by atoms with E-state index in [4.69, 9.17) is 9.47 Å². The Labute approximate surface area is 166 Å². The van der Waals surface area contributed by atoms with Crippen molar-refractivity contribution in [2.75, 3.05) is 19.7 Å². The summed E-state index contributed by atoms with van der Waals surface area (Å²) in [5.74, 6) is -1.19. The third-order valence-electron chi connectivity index (χ3n) is 3.94. The van der Waals surface area contributed by atoms with Crippen LogP contribution in [0.15, 0.2) is 29.2 Å². The maximum atomic E-state index is 12.9. The Balaban J connectivity index is 2.10. The molecule has 0 saturated carbocycles. The third-order valence-corrected chi connectivity index (χ3v) is 5.77. The normalized spacial score (nSPS) is 21.2. The molecule has 0 aliphatic carbocycles. The summed E-state index contributed by atoms with van der Waals surface area (Å²) in [4.78, 5) is 24.0. The zero-order valence-electron chi connectivity index (χ0n) is 16.9. The number of ether oxygens (including phenoxy) is 2. The quantitative estimate of drug-likeness (QED) is 0.737. The van der Waals surface area contributed by atoms with Crippen molar-refractivity contribution in [1.82, 2.24) is 9.62 Å². The van der Waals surface area contributed by atoms with Crippen LogP contribution in [0.5, 0.6) is 0 Å². The minimum atomic E-state index is -3.77. The SMILES string of the molecule is C[C@@H]1CN(S(=O)(=O)c2cccc(C(=O)OCC(=O)NC(C)(C)C)c2)C[C@H](C)O1. The number of amides is 1. The number of nitrogens with zero attached hydrogens (tertiary/aromatic N) is 1. The van der Waals surface area contributed by atoms with Crippen LogP contribution in [0.25, 0.3) is 0 Å². The summed E-state index contributed by atoms with van der Waals surface area (Å²) in [6.07, 6.45) is -0.430. The molecular weight excluding hydrogens is 384 g/mol. The van der Waals surface area contributed by atoms with Gasteiger partial charge in [0, 0.05) is 18.6 Å². The first kappa shape index (κ1) is 22.3. The largest absolute Gasteiger partial charge is 0.452 e. The van der Waals surface area contributed by atoms with Gasteiger partial charge in [0.15, 0.2) is 6.61 Å². The lowest BCUT2D eigenvalue weighted by atomic mass is 10.1. The van der Waals surface area contributed by atoms with Crippen LogP contribution in [-0.2, 0) is 24.3 Å². The Bertz CT molecular complexity index is 821. The van der Waals surface area contributed by atoms with Crippen LogP contribution in [0.4, 0.5) is 0 Å². The molecule has 1 aromatic rings. The van der Waals surface area contributed by atoms with E-state index in [0.717, 1.165) is 0 Å². The van der Waals surface area contributed by atoms with Gasteiger partial charge >= 0.3 is 5.97 Å². The number of hydrogen-bond donors (Lipinski definition) is 1. The molecule has 1 saturated heterocycles. The second-order valence-electron chi connectivity index (χ2n) is 7.98. The fraction of sp³-hybridized carbons (Fsp3) is 0.579. The highest BCUT2D eigenvalue weighted by molar-refractivity contribution is 7.89. The monoisotopic (exact) mass is 412 g/mol. The lowest BCUT2D eigenvalue weighted by Crippen LogP contribution is -2.48. The lowest BCUT2D eigenvalue weighted by molar-refractivity contribution is -0.125. The zero-order valence-corrected chi connectivity index (χ0v) is 17.7. The topological polar surface area (TPSA) is 102 Å². The number of carbonyl (C=O) groups excluding carboxylic acids is 2. The van der Waals surface area contributed by atoms with Crippen molar-refractivity contribution < 1.29 is 27.5 Å². The Morgan fingerprint density at radius 2 is 1.82 bits per heavy atom. The number of carbonyl (C=O) groups is 2. The second-order valence-corrected chi connectivity index (χ2v) is 9.92. The van der Waals surface area contributed by atoms with Gasteiger partial charge in [-0.2, -0.15) is 4.31 Å². The smallest absolute Gasteiger partial charge is 0.338 e. The predicted octanol–water partition coefficient (Wildman–Crippen LogP) is 1.56. The van der Waals surface area contributed by atoms with E-state index in [2.05, 4.69) is 5.32 Å². The van der Waals surface area contributed by atoms with E-state index in [1.165, 1.54) is 28.6 Å². The number of rotatable bonds is 5. The molecule has 9 heteroatoms. The number of esters is 1. The molecule has 0 aromatic heterocycles. The van der Waals surface area contributed by atoms with E-state index >= 15 is 0 Å². The molecule has 0 spiro atoms. The number of benzene rings is 1. The van der Waals surface area contributed by atoms with Crippen molar-refractivity contribution in [3.63, 3.8) is 0 Å². The summed E-state index contributed by atoms with van der Waals surface area (Å²) in [6, 6.07) is 5.63. The van der Waals surface area contributed by atoms with E-state index in [-0.39, 0.29) is 35.8 Å². The molecule has 156 valence electrons. The van der Waals surface area contributed by atoms with Crippen LogP contribution in [0.2, 0.25) is 0 Å². The average Bonchev–Trinajstić information content (AvgIpc) is 2.57. The number of hydrogen-bond acceptors (Lipinski definition) is 6. The first-order valence-corrected chi connectivity index (χ1v) is 10.6. The van der Waals surface area contributed by atoms with Crippen molar-refractivity contribution in [3.8, 4) is 0 Å². The fourth-order valence-corrected chi connectivity index (χ4v) is 4.57. The lowest BCUT2D eigenvalue weighted by Gasteiger charge is -2.34. The van der Waals surface area contributed by atoms with E-state index < -0.39 is 34.0 Å². The first-order valence-electron chi connectivity index (χ1n) is 9.12. The van der Waals surface area contributed by atoms with Crippen LogP contribution >= 0.6 is 0 Å². The average molecular weight is 413 g/mol. The molecule has 2 atom stereocenters. The van der Waals surface area contributed by atoms with Gasteiger partial charge in [-0.1, -0.05) is 6.07 Å². The first-order chi connectivity index (χ1) is 12.9. The van der Waals surface area contributed by atoms with Crippen LogP contribution in [0.3, 0.4) is 0 Å². The molecule has 1 aromatic carbocycles. The molecule has 1 aliphatic heterocycles. The predicted molar refractivity (Wildman–Crippen MR) is 103 cm³/mol. The molecule has 1 amide bonds. The van der Waals surface area contributed by atoms with Crippen molar-refractivity contribution in [2.24, 2.45) is 0 Å². The summed E-state index contributed by atoms with van der Waals surface area (Å²) in [6.45, 7) is 9.12. The van der Waals surface area contributed by atoms with Gasteiger partial charge in [-0.25, -0.2) is 13.2 Å². The van der Waals surface area contributed by atoms with Crippen molar-refractivity contribution in [2.45, 2.75) is 57.3 Å². The molecule has 0 radical (unpaired) electrons. The van der Waals surface area contributed by atoms with Crippen LogP contribution in [0, 0.1) is 0 Å². The Morgan fingerprint density at radius 1 is 1.21 bits per heavy atom. The van der Waals surface area contributed by atoms with E-state index in [0.29, 0.717) is 0 Å². The highest BCUT2D eigenvalue weighted by atomic mass is 32.2. The van der Waals surface area contributed by atoms with Crippen LogP contribution in [0.1, 0.15) is 45.0 Å². The molecule has 1 heterocycles. The summed E-state index contributed by atoms with van der Waals surface area (Å²) in [5.41, 5.74) is -0.372. The maximum absolute atomic E-state index is 12.9. The third kappa shape index (κ3) is 6.02. The summed E-state index contributed by atoms with van der Waals surface area (Å²) < 4.78 is 37.8. The van der Waals surface area contributed by atoms with E-state index in [1.807, 2.05) is 34.6 Å². The molecule has 0 unspecified atom stereocenters. The minimum absolute atomic E-state index is 0.00222. The number of nitrogens with one attached hydrogen (secondary N) is 1. The van der Waals surface area contributed by atoms with Gasteiger partial charge in [0.05, 0.1) is 22.7 Å². The molecule has 1 fully saturated rings. The Hall–Kier alpha value is -1.97. The fourth-order valence-electron chi connectivity index (χ4n) is 2.93. The molecule has 2 rings (SSSR count).